The van der Waals surface area contributed by atoms with Gasteiger partial charge in [0.15, 0.2) is 0 Å². The molecule has 1 aromatic carbocycles. The first kappa shape index (κ1) is 12.4. The Morgan fingerprint density at radius 2 is 1.75 bits per heavy atom. The molecule has 20 heavy (non-hydrogen) atoms. The summed E-state index contributed by atoms with van der Waals surface area (Å²) in [5, 5.41) is 6.84. The van der Waals surface area contributed by atoms with Crippen LogP contribution in [0.4, 0.5) is 0 Å². The minimum absolute atomic E-state index is 0.0875. The van der Waals surface area contributed by atoms with E-state index in [2.05, 4.69) is 22.8 Å². The Bertz CT molecular complexity index is 506. The standard InChI is InChI=1S/C17H22N2O/c20-17(13-5-3-12(4-6-13)11-1-2-11)19-16-10-8-14-7-9-15(16)18-14/h3-6,11,14-16,18H,1-2,7-10H2,(H,19,20). The second kappa shape index (κ2) is 4.88. The number of hydrogen-bond acceptors (Lipinski definition) is 2. The molecule has 1 aliphatic carbocycles. The quantitative estimate of drug-likeness (QED) is 0.886. The third kappa shape index (κ3) is 2.35. The molecule has 1 saturated carbocycles. The van der Waals surface area contributed by atoms with Crippen molar-refractivity contribution >= 4 is 5.91 Å². The molecule has 0 spiro atoms. The van der Waals surface area contributed by atoms with Crippen molar-refractivity contribution in [3.63, 3.8) is 0 Å². The van der Waals surface area contributed by atoms with Gasteiger partial charge in [0, 0.05) is 23.7 Å². The first-order chi connectivity index (χ1) is 9.79. The molecule has 3 aliphatic rings. The summed E-state index contributed by atoms with van der Waals surface area (Å²) in [5.41, 5.74) is 2.19. The van der Waals surface area contributed by atoms with Gasteiger partial charge in [-0.1, -0.05) is 12.1 Å². The molecule has 3 heteroatoms. The van der Waals surface area contributed by atoms with E-state index in [1.165, 1.54) is 37.7 Å². The highest BCUT2D eigenvalue weighted by molar-refractivity contribution is 5.94. The Morgan fingerprint density at radius 1 is 1.00 bits per heavy atom. The van der Waals surface area contributed by atoms with Gasteiger partial charge in [0.05, 0.1) is 0 Å². The van der Waals surface area contributed by atoms with Crippen LogP contribution in [0.5, 0.6) is 0 Å². The van der Waals surface area contributed by atoms with Crippen LogP contribution in [-0.2, 0) is 0 Å². The maximum atomic E-state index is 12.3. The monoisotopic (exact) mass is 270 g/mol. The van der Waals surface area contributed by atoms with E-state index in [1.54, 1.807) is 0 Å². The van der Waals surface area contributed by atoms with E-state index < -0.39 is 0 Å². The van der Waals surface area contributed by atoms with Gasteiger partial charge in [-0.15, -0.1) is 0 Å². The van der Waals surface area contributed by atoms with Crippen molar-refractivity contribution < 1.29 is 4.79 Å². The normalized spacial score (nSPS) is 32.1. The second-order valence-corrected chi connectivity index (χ2v) is 6.60. The van der Waals surface area contributed by atoms with Crippen LogP contribution in [-0.4, -0.2) is 24.0 Å². The van der Waals surface area contributed by atoms with Crippen LogP contribution in [0.1, 0.15) is 60.4 Å². The second-order valence-electron chi connectivity index (χ2n) is 6.60. The molecule has 3 unspecified atom stereocenters. The fourth-order valence-corrected chi connectivity index (χ4v) is 3.72. The Hall–Kier alpha value is -1.35. The Balaban J connectivity index is 1.41. The molecule has 4 rings (SSSR count). The lowest BCUT2D eigenvalue weighted by Crippen LogP contribution is -2.52. The fraction of sp³-hybridized carbons (Fsp3) is 0.588. The lowest BCUT2D eigenvalue weighted by molar-refractivity contribution is 0.0919. The van der Waals surface area contributed by atoms with Crippen LogP contribution in [0.25, 0.3) is 0 Å². The van der Waals surface area contributed by atoms with Gasteiger partial charge in [0.2, 0.25) is 0 Å². The number of piperidine rings is 1. The molecular formula is C17H22N2O. The topological polar surface area (TPSA) is 41.1 Å². The van der Waals surface area contributed by atoms with Crippen LogP contribution in [0.15, 0.2) is 24.3 Å². The Kier molecular flexibility index (Phi) is 3.03. The minimum atomic E-state index is 0.0875. The molecule has 0 radical (unpaired) electrons. The zero-order chi connectivity index (χ0) is 13.5. The Labute approximate surface area is 120 Å². The predicted octanol–water partition coefficient (Wildman–Crippen LogP) is 2.58. The summed E-state index contributed by atoms with van der Waals surface area (Å²) < 4.78 is 0. The van der Waals surface area contributed by atoms with Crippen molar-refractivity contribution in [2.75, 3.05) is 0 Å². The lowest BCUT2D eigenvalue weighted by atomic mass is 9.99. The molecule has 106 valence electrons. The number of rotatable bonds is 3. The number of carbonyl (C=O) groups is 1. The average molecular weight is 270 g/mol. The van der Waals surface area contributed by atoms with Crippen molar-refractivity contribution in [3.05, 3.63) is 35.4 Å². The molecule has 2 heterocycles. The molecule has 2 N–H and O–H groups in total. The molecule has 3 fully saturated rings. The van der Waals surface area contributed by atoms with E-state index in [0.717, 1.165) is 17.9 Å². The summed E-state index contributed by atoms with van der Waals surface area (Å²) in [4.78, 5) is 12.3. The SMILES string of the molecule is O=C(NC1CCC2CCC1N2)c1ccc(C2CC2)cc1. The molecule has 3 atom stereocenters. The van der Waals surface area contributed by atoms with Gasteiger partial charge in [0.25, 0.3) is 5.91 Å². The van der Waals surface area contributed by atoms with Gasteiger partial charge >= 0.3 is 0 Å². The van der Waals surface area contributed by atoms with E-state index in [0.29, 0.717) is 18.1 Å². The van der Waals surface area contributed by atoms with E-state index >= 15 is 0 Å². The van der Waals surface area contributed by atoms with Gasteiger partial charge in [-0.2, -0.15) is 0 Å². The number of carbonyl (C=O) groups excluding carboxylic acids is 1. The zero-order valence-electron chi connectivity index (χ0n) is 11.8. The van der Waals surface area contributed by atoms with Crippen LogP contribution < -0.4 is 10.6 Å². The summed E-state index contributed by atoms with van der Waals surface area (Å²) in [6.07, 6.45) is 7.41. The zero-order valence-corrected chi connectivity index (χ0v) is 11.8. The van der Waals surface area contributed by atoms with Crippen molar-refractivity contribution in [3.8, 4) is 0 Å². The number of fused-ring (bicyclic) bond motifs is 2. The summed E-state index contributed by atoms with van der Waals surface area (Å²) in [7, 11) is 0. The largest absolute Gasteiger partial charge is 0.348 e. The molecule has 2 saturated heterocycles. The Morgan fingerprint density at radius 3 is 2.50 bits per heavy atom. The van der Waals surface area contributed by atoms with Crippen molar-refractivity contribution in [2.45, 2.75) is 62.6 Å². The van der Waals surface area contributed by atoms with E-state index in [1.807, 2.05) is 12.1 Å². The third-order valence-corrected chi connectivity index (χ3v) is 5.13. The number of benzene rings is 1. The summed E-state index contributed by atoms with van der Waals surface area (Å²) in [6.45, 7) is 0. The first-order valence-electron chi connectivity index (χ1n) is 7.96. The smallest absolute Gasteiger partial charge is 0.251 e. The molecule has 3 nitrogen and oxygen atoms in total. The van der Waals surface area contributed by atoms with Gasteiger partial charge in [0.1, 0.15) is 0 Å². The number of nitrogens with one attached hydrogen (secondary N) is 2. The van der Waals surface area contributed by atoms with Crippen molar-refractivity contribution in [1.82, 2.24) is 10.6 Å². The third-order valence-electron chi connectivity index (χ3n) is 5.13. The fourth-order valence-electron chi connectivity index (χ4n) is 3.72. The number of amides is 1. The van der Waals surface area contributed by atoms with Crippen molar-refractivity contribution in [1.29, 1.82) is 0 Å². The van der Waals surface area contributed by atoms with E-state index in [4.69, 9.17) is 0 Å². The minimum Gasteiger partial charge on any atom is -0.348 e. The first-order valence-corrected chi connectivity index (χ1v) is 7.96. The summed E-state index contributed by atoms with van der Waals surface area (Å²) in [6, 6.07) is 9.71. The van der Waals surface area contributed by atoms with Crippen LogP contribution in [0.3, 0.4) is 0 Å². The summed E-state index contributed by atoms with van der Waals surface area (Å²) >= 11 is 0. The summed E-state index contributed by atoms with van der Waals surface area (Å²) in [5.74, 6) is 0.842. The van der Waals surface area contributed by atoms with E-state index in [9.17, 15) is 4.79 Å². The van der Waals surface area contributed by atoms with Crippen LogP contribution in [0, 0.1) is 0 Å². The van der Waals surface area contributed by atoms with Crippen molar-refractivity contribution in [2.24, 2.45) is 0 Å². The molecule has 1 amide bonds. The average Bonchev–Trinajstić information content (AvgIpc) is 3.26. The van der Waals surface area contributed by atoms with E-state index in [-0.39, 0.29) is 5.91 Å². The molecule has 2 aliphatic heterocycles. The molecule has 2 bridgehead atoms. The van der Waals surface area contributed by atoms with Gasteiger partial charge < -0.3 is 10.6 Å². The molecule has 1 aromatic rings. The van der Waals surface area contributed by atoms with Gasteiger partial charge in [-0.05, 0) is 62.1 Å². The van der Waals surface area contributed by atoms with Crippen LogP contribution in [0.2, 0.25) is 0 Å². The van der Waals surface area contributed by atoms with Crippen LogP contribution >= 0.6 is 0 Å². The molecular weight excluding hydrogens is 248 g/mol. The van der Waals surface area contributed by atoms with Gasteiger partial charge in [-0.25, -0.2) is 0 Å². The van der Waals surface area contributed by atoms with Gasteiger partial charge in [-0.3, -0.25) is 4.79 Å². The highest BCUT2D eigenvalue weighted by Gasteiger charge is 2.35. The lowest BCUT2D eigenvalue weighted by Gasteiger charge is -2.30. The highest BCUT2D eigenvalue weighted by Crippen LogP contribution is 2.39. The number of hydrogen-bond donors (Lipinski definition) is 2. The maximum Gasteiger partial charge on any atom is 0.251 e. The predicted molar refractivity (Wildman–Crippen MR) is 78.9 cm³/mol. The maximum absolute atomic E-state index is 12.3. The highest BCUT2D eigenvalue weighted by atomic mass is 16.1. The molecule has 0 aromatic heterocycles.